The lowest BCUT2D eigenvalue weighted by Crippen LogP contribution is -2.56. The standard InChI is InChI=1S/C19H23N3O/c1-2-12-11-22-8-6-13(12)9-18(22)19(20)15-5-7-21-17-4-3-14(23)10-16(15)17/h2-5,7,10,12-13,18-19,23H,1,6,8-9,11,20H2/t12-,13?,18?,19+/m0/s1. The number of fused-ring (bicyclic) bond motifs is 4. The van der Waals surface area contributed by atoms with Crippen LogP contribution in [0, 0.1) is 11.8 Å². The van der Waals surface area contributed by atoms with Crippen LogP contribution in [0.4, 0.5) is 0 Å². The molecule has 0 saturated carbocycles. The van der Waals surface area contributed by atoms with Gasteiger partial charge in [-0.15, -0.1) is 6.58 Å². The molecule has 120 valence electrons. The van der Waals surface area contributed by atoms with Crippen LogP contribution >= 0.6 is 0 Å². The molecule has 5 atom stereocenters. The van der Waals surface area contributed by atoms with E-state index >= 15 is 0 Å². The molecule has 5 rings (SSSR count). The Morgan fingerprint density at radius 3 is 3.00 bits per heavy atom. The van der Waals surface area contributed by atoms with Crippen molar-refractivity contribution in [2.75, 3.05) is 13.1 Å². The summed E-state index contributed by atoms with van der Waals surface area (Å²) in [4.78, 5) is 6.91. The van der Waals surface area contributed by atoms with Crippen LogP contribution < -0.4 is 5.73 Å². The highest BCUT2D eigenvalue weighted by atomic mass is 16.3. The third-order valence-electron chi connectivity index (χ3n) is 5.69. The molecule has 4 nitrogen and oxygen atoms in total. The molecular weight excluding hydrogens is 286 g/mol. The molecular formula is C19H23N3O. The van der Waals surface area contributed by atoms with Crippen molar-refractivity contribution < 1.29 is 5.11 Å². The largest absolute Gasteiger partial charge is 0.508 e. The lowest BCUT2D eigenvalue weighted by atomic mass is 9.73. The summed E-state index contributed by atoms with van der Waals surface area (Å²) in [6.07, 6.45) is 6.30. The number of nitrogens with two attached hydrogens (primary N) is 1. The van der Waals surface area contributed by atoms with E-state index in [9.17, 15) is 5.11 Å². The summed E-state index contributed by atoms with van der Waals surface area (Å²) >= 11 is 0. The molecule has 1 aromatic heterocycles. The summed E-state index contributed by atoms with van der Waals surface area (Å²) in [6.45, 7) is 6.18. The number of rotatable bonds is 3. The van der Waals surface area contributed by atoms with Gasteiger partial charge in [0, 0.05) is 30.2 Å². The van der Waals surface area contributed by atoms with Gasteiger partial charge in [-0.2, -0.15) is 0 Å². The zero-order valence-corrected chi connectivity index (χ0v) is 13.2. The summed E-state index contributed by atoms with van der Waals surface area (Å²) in [5.41, 5.74) is 8.65. The van der Waals surface area contributed by atoms with Crippen LogP contribution in [0.2, 0.25) is 0 Å². The van der Waals surface area contributed by atoms with Crippen molar-refractivity contribution in [1.82, 2.24) is 9.88 Å². The lowest BCUT2D eigenvalue weighted by Gasteiger charge is -2.51. The van der Waals surface area contributed by atoms with E-state index in [1.807, 2.05) is 18.3 Å². The Kier molecular flexibility index (Phi) is 3.58. The first-order chi connectivity index (χ1) is 11.2. The maximum atomic E-state index is 9.83. The van der Waals surface area contributed by atoms with Crippen LogP contribution in [0.15, 0.2) is 43.1 Å². The summed E-state index contributed by atoms with van der Waals surface area (Å²) in [6, 6.07) is 7.60. The summed E-state index contributed by atoms with van der Waals surface area (Å²) in [5.74, 6) is 1.57. The highest BCUT2D eigenvalue weighted by molar-refractivity contribution is 5.83. The molecule has 4 heteroatoms. The summed E-state index contributed by atoms with van der Waals surface area (Å²) in [5, 5.41) is 10.8. The van der Waals surface area contributed by atoms with Gasteiger partial charge in [-0.05, 0) is 61.1 Å². The van der Waals surface area contributed by atoms with Gasteiger partial charge in [-0.25, -0.2) is 0 Å². The van der Waals surface area contributed by atoms with Crippen molar-refractivity contribution in [2.24, 2.45) is 17.6 Å². The minimum Gasteiger partial charge on any atom is -0.508 e. The molecule has 0 radical (unpaired) electrons. The van der Waals surface area contributed by atoms with Gasteiger partial charge in [-0.1, -0.05) is 6.08 Å². The fourth-order valence-electron chi connectivity index (χ4n) is 4.40. The van der Waals surface area contributed by atoms with Crippen LogP contribution in [0.5, 0.6) is 5.75 Å². The normalized spacial score (nSPS) is 31.2. The fourth-order valence-corrected chi connectivity index (χ4v) is 4.40. The molecule has 2 unspecified atom stereocenters. The quantitative estimate of drug-likeness (QED) is 0.856. The van der Waals surface area contributed by atoms with Crippen LogP contribution in [0.1, 0.15) is 24.4 Å². The number of aromatic nitrogens is 1. The highest BCUT2D eigenvalue weighted by Gasteiger charge is 2.41. The zero-order chi connectivity index (χ0) is 16.0. The third kappa shape index (κ3) is 2.42. The van der Waals surface area contributed by atoms with Crippen molar-refractivity contribution in [3.8, 4) is 5.75 Å². The minimum atomic E-state index is -0.0594. The molecule has 3 saturated heterocycles. The van der Waals surface area contributed by atoms with Crippen molar-refractivity contribution >= 4 is 10.9 Å². The number of piperidine rings is 3. The number of phenols is 1. The maximum absolute atomic E-state index is 9.83. The van der Waals surface area contributed by atoms with Gasteiger partial charge in [0.05, 0.1) is 5.52 Å². The van der Waals surface area contributed by atoms with E-state index in [4.69, 9.17) is 5.73 Å². The molecule has 0 spiro atoms. The second-order valence-corrected chi connectivity index (χ2v) is 6.87. The summed E-state index contributed by atoms with van der Waals surface area (Å²) < 4.78 is 0. The van der Waals surface area contributed by atoms with Crippen LogP contribution in [0.3, 0.4) is 0 Å². The zero-order valence-electron chi connectivity index (χ0n) is 13.2. The van der Waals surface area contributed by atoms with E-state index in [0.29, 0.717) is 17.9 Å². The topological polar surface area (TPSA) is 62.4 Å². The number of nitrogens with zero attached hydrogens (tertiary/aromatic N) is 2. The lowest BCUT2D eigenvalue weighted by molar-refractivity contribution is 0.00749. The molecule has 3 N–H and O–H groups in total. The Morgan fingerprint density at radius 2 is 2.26 bits per heavy atom. The molecule has 3 fully saturated rings. The van der Waals surface area contributed by atoms with Crippen molar-refractivity contribution in [2.45, 2.75) is 24.9 Å². The van der Waals surface area contributed by atoms with E-state index in [-0.39, 0.29) is 11.8 Å². The average molecular weight is 309 g/mol. The minimum absolute atomic E-state index is 0.0594. The molecule has 4 heterocycles. The van der Waals surface area contributed by atoms with E-state index in [0.717, 1.165) is 36.0 Å². The number of hydrogen-bond donors (Lipinski definition) is 2. The van der Waals surface area contributed by atoms with E-state index in [2.05, 4.69) is 22.5 Å². The van der Waals surface area contributed by atoms with Crippen LogP contribution in [0.25, 0.3) is 10.9 Å². The van der Waals surface area contributed by atoms with Crippen molar-refractivity contribution in [1.29, 1.82) is 0 Å². The fraction of sp³-hybridized carbons (Fsp3) is 0.421. The highest BCUT2D eigenvalue weighted by Crippen LogP contribution is 2.41. The number of benzene rings is 1. The maximum Gasteiger partial charge on any atom is 0.116 e. The van der Waals surface area contributed by atoms with Gasteiger partial charge < -0.3 is 10.8 Å². The van der Waals surface area contributed by atoms with Crippen LogP contribution in [-0.2, 0) is 0 Å². The number of pyridine rings is 1. The predicted molar refractivity (Wildman–Crippen MR) is 92.1 cm³/mol. The van der Waals surface area contributed by atoms with Crippen molar-refractivity contribution in [3.05, 3.63) is 48.7 Å². The van der Waals surface area contributed by atoms with E-state index in [1.165, 1.54) is 6.42 Å². The Hall–Kier alpha value is -1.91. The molecule has 0 aliphatic carbocycles. The molecule has 2 bridgehead atoms. The van der Waals surface area contributed by atoms with Gasteiger partial charge >= 0.3 is 0 Å². The monoisotopic (exact) mass is 309 g/mol. The van der Waals surface area contributed by atoms with E-state index in [1.54, 1.807) is 12.1 Å². The van der Waals surface area contributed by atoms with Crippen LogP contribution in [-0.4, -0.2) is 34.1 Å². The SMILES string of the molecule is C=C[C@H]1C[N@@]2CCC1CC2[C@H](N)c1ccnc2ccc(O)cc12. The Morgan fingerprint density at radius 1 is 1.39 bits per heavy atom. The van der Waals surface area contributed by atoms with Gasteiger partial charge in [0.1, 0.15) is 5.75 Å². The summed E-state index contributed by atoms with van der Waals surface area (Å²) in [7, 11) is 0. The first-order valence-corrected chi connectivity index (χ1v) is 8.37. The first-order valence-electron chi connectivity index (χ1n) is 8.37. The van der Waals surface area contributed by atoms with E-state index < -0.39 is 0 Å². The van der Waals surface area contributed by atoms with Gasteiger partial charge in [0.15, 0.2) is 0 Å². The smallest absolute Gasteiger partial charge is 0.116 e. The van der Waals surface area contributed by atoms with Gasteiger partial charge in [-0.3, -0.25) is 9.88 Å². The third-order valence-corrected chi connectivity index (χ3v) is 5.69. The predicted octanol–water partition coefficient (Wildman–Crippen LogP) is 2.84. The molecule has 23 heavy (non-hydrogen) atoms. The average Bonchev–Trinajstić information content (AvgIpc) is 2.60. The first kappa shape index (κ1) is 14.7. The van der Waals surface area contributed by atoms with Crippen molar-refractivity contribution in [3.63, 3.8) is 0 Å². The Bertz CT molecular complexity index is 744. The molecule has 2 aromatic rings. The number of phenolic OH excluding ortho intramolecular Hbond substituents is 1. The molecule has 1 aromatic carbocycles. The molecule has 3 aliphatic rings. The second-order valence-electron chi connectivity index (χ2n) is 6.87. The molecule has 3 aliphatic heterocycles. The van der Waals surface area contributed by atoms with Gasteiger partial charge in [0.25, 0.3) is 0 Å². The second kappa shape index (κ2) is 5.62. The molecule has 0 amide bonds. The number of aromatic hydroxyl groups is 1. The van der Waals surface area contributed by atoms with Gasteiger partial charge in [0.2, 0.25) is 0 Å². The Balaban J connectivity index is 1.69. The Labute approximate surface area is 136 Å². The number of hydrogen-bond acceptors (Lipinski definition) is 4.